The van der Waals surface area contributed by atoms with Crippen molar-refractivity contribution < 1.29 is 0 Å². The van der Waals surface area contributed by atoms with Gasteiger partial charge in [-0.2, -0.15) is 0 Å². The van der Waals surface area contributed by atoms with Gasteiger partial charge in [0, 0.05) is 40.1 Å². The summed E-state index contributed by atoms with van der Waals surface area (Å²) in [7, 11) is 0. The molecule has 0 atom stereocenters. The van der Waals surface area contributed by atoms with Crippen LogP contribution >= 0.6 is 45.3 Å². The summed E-state index contributed by atoms with van der Waals surface area (Å²) < 4.78 is 0. The van der Waals surface area contributed by atoms with Crippen molar-refractivity contribution in [1.29, 1.82) is 0 Å². The lowest BCUT2D eigenvalue weighted by molar-refractivity contribution is 0.402. The van der Waals surface area contributed by atoms with Crippen LogP contribution in [-0.4, -0.2) is 0 Å². The number of rotatable bonds is 24. The summed E-state index contributed by atoms with van der Waals surface area (Å²) in [6.45, 7) is 9.33. The highest BCUT2D eigenvalue weighted by Gasteiger charge is 2.46. The maximum absolute atomic E-state index is 2.60. The lowest BCUT2D eigenvalue weighted by Crippen LogP contribution is -2.24. The lowest BCUT2D eigenvalue weighted by Gasteiger charge is -2.31. The normalized spacial score (nSPS) is 14.5. The standard InChI is InChI=1S/C56H68S4/c1-5-9-13-17-33-55(34-18-14-10-6-2)45-31-37-57-51(45)53-47(55)39-49(59-53)43-27-23-41(24-28-43)21-22-42-25-29-44(30-26-42)50-40-48-54(60-50)52-46(32-38-58-52)56(48,35-19-15-11-7-3)36-20-16-12-8-4/h21-32,37-40H,5-20,33-36H2,1-4H3/b22-21+. The highest BCUT2D eigenvalue weighted by atomic mass is 32.1. The van der Waals surface area contributed by atoms with Gasteiger partial charge in [-0.25, -0.2) is 0 Å². The number of hydrogen-bond acceptors (Lipinski definition) is 4. The Balaban J connectivity index is 0.975. The lowest BCUT2D eigenvalue weighted by atomic mass is 9.71. The van der Waals surface area contributed by atoms with Crippen LogP contribution in [0.25, 0.3) is 52.5 Å². The van der Waals surface area contributed by atoms with E-state index in [1.165, 1.54) is 160 Å². The molecule has 316 valence electrons. The molecule has 2 aliphatic carbocycles. The minimum atomic E-state index is 0.197. The molecular formula is C56H68S4. The average Bonchev–Trinajstić information content (AvgIpc) is 4.14. The van der Waals surface area contributed by atoms with Gasteiger partial charge in [0.1, 0.15) is 0 Å². The zero-order chi connectivity index (χ0) is 41.4. The number of hydrogen-bond donors (Lipinski definition) is 0. The van der Waals surface area contributed by atoms with E-state index in [0.717, 1.165) is 0 Å². The maximum atomic E-state index is 2.60. The first-order valence-electron chi connectivity index (χ1n) is 23.9. The van der Waals surface area contributed by atoms with Gasteiger partial charge in [-0.3, -0.25) is 0 Å². The largest absolute Gasteiger partial charge is 0.143 e. The first kappa shape index (κ1) is 43.6. The molecule has 0 N–H and O–H groups in total. The Morgan fingerprint density at radius 2 is 0.733 bits per heavy atom. The van der Waals surface area contributed by atoms with E-state index in [2.05, 4.69) is 123 Å². The molecule has 0 saturated heterocycles. The van der Waals surface area contributed by atoms with Crippen LogP contribution in [0.2, 0.25) is 0 Å². The summed E-state index contributed by atoms with van der Waals surface area (Å²) >= 11 is 8.02. The summed E-state index contributed by atoms with van der Waals surface area (Å²) in [4.78, 5) is 9.08. The molecule has 0 nitrogen and oxygen atoms in total. The van der Waals surface area contributed by atoms with Gasteiger partial charge in [0.2, 0.25) is 0 Å². The van der Waals surface area contributed by atoms with Gasteiger partial charge in [-0.05, 0) is 105 Å². The van der Waals surface area contributed by atoms with Crippen molar-refractivity contribution in [2.24, 2.45) is 0 Å². The summed E-state index contributed by atoms with van der Waals surface area (Å²) in [5.74, 6) is 0. The molecule has 4 aromatic heterocycles. The van der Waals surface area contributed by atoms with Crippen LogP contribution in [0.4, 0.5) is 0 Å². The van der Waals surface area contributed by atoms with Gasteiger partial charge in [0.25, 0.3) is 0 Å². The maximum Gasteiger partial charge on any atom is 0.0493 e. The van der Waals surface area contributed by atoms with E-state index in [4.69, 9.17) is 0 Å². The molecule has 0 unspecified atom stereocenters. The van der Waals surface area contributed by atoms with E-state index in [1.54, 1.807) is 41.8 Å². The Bertz CT molecular complexity index is 2100. The molecule has 0 spiro atoms. The fraction of sp³-hybridized carbons (Fsp3) is 0.464. The highest BCUT2D eigenvalue weighted by molar-refractivity contribution is 7.24. The van der Waals surface area contributed by atoms with Crippen molar-refractivity contribution in [2.75, 3.05) is 0 Å². The molecule has 4 heterocycles. The SMILES string of the molecule is CCCCCCC1(CCCCCC)c2ccsc2-c2sc(-c3ccc(/C=C/c4ccc(-c5cc6c(s5)-c5sccc5C6(CCCCCC)CCCCCC)cc4)cc3)cc21. The molecule has 0 fully saturated rings. The van der Waals surface area contributed by atoms with Crippen LogP contribution in [-0.2, 0) is 10.8 Å². The molecule has 60 heavy (non-hydrogen) atoms. The molecule has 6 aromatic rings. The van der Waals surface area contributed by atoms with Crippen LogP contribution in [0, 0.1) is 0 Å². The van der Waals surface area contributed by atoms with E-state index in [1.807, 2.05) is 45.3 Å². The van der Waals surface area contributed by atoms with E-state index < -0.39 is 0 Å². The Morgan fingerprint density at radius 3 is 1.07 bits per heavy atom. The molecule has 0 bridgehead atoms. The quantitative estimate of drug-likeness (QED) is 0.0420. The van der Waals surface area contributed by atoms with Crippen LogP contribution in [0.3, 0.4) is 0 Å². The minimum Gasteiger partial charge on any atom is -0.143 e. The number of unbranched alkanes of at least 4 members (excludes halogenated alkanes) is 12. The number of benzene rings is 2. The monoisotopic (exact) mass is 868 g/mol. The van der Waals surface area contributed by atoms with E-state index in [9.17, 15) is 0 Å². The van der Waals surface area contributed by atoms with Crippen molar-refractivity contribution in [3.8, 4) is 40.4 Å². The minimum absolute atomic E-state index is 0.197. The van der Waals surface area contributed by atoms with Crippen LogP contribution in [0.5, 0.6) is 0 Å². The van der Waals surface area contributed by atoms with Gasteiger partial charge >= 0.3 is 0 Å². The van der Waals surface area contributed by atoms with Crippen molar-refractivity contribution in [1.82, 2.24) is 0 Å². The fourth-order valence-corrected chi connectivity index (χ4v) is 15.4. The average molecular weight is 869 g/mol. The number of thiophene rings is 4. The van der Waals surface area contributed by atoms with E-state index >= 15 is 0 Å². The van der Waals surface area contributed by atoms with E-state index in [0.29, 0.717) is 0 Å². The molecule has 2 aromatic carbocycles. The predicted molar refractivity (Wildman–Crippen MR) is 272 cm³/mol. The third-order valence-corrected chi connectivity index (χ3v) is 18.5. The zero-order valence-electron chi connectivity index (χ0n) is 37.0. The second kappa shape index (κ2) is 20.4. The summed E-state index contributed by atoms with van der Waals surface area (Å²) in [6, 6.07) is 28.8. The molecule has 2 aliphatic rings. The van der Waals surface area contributed by atoms with Gasteiger partial charge in [0.05, 0.1) is 0 Å². The van der Waals surface area contributed by atoms with Crippen molar-refractivity contribution in [2.45, 2.75) is 167 Å². The topological polar surface area (TPSA) is 0 Å². The molecule has 4 heteroatoms. The number of fused-ring (bicyclic) bond motifs is 6. The van der Waals surface area contributed by atoms with Crippen LogP contribution in [0.15, 0.2) is 83.6 Å². The molecule has 8 rings (SSSR count). The van der Waals surface area contributed by atoms with Gasteiger partial charge in [0.15, 0.2) is 0 Å². The molecule has 0 aliphatic heterocycles. The second-order valence-electron chi connectivity index (χ2n) is 18.0. The second-order valence-corrected chi connectivity index (χ2v) is 22.0. The Labute approximate surface area is 379 Å². The van der Waals surface area contributed by atoms with Gasteiger partial charge in [-0.1, -0.05) is 191 Å². The predicted octanol–water partition coefficient (Wildman–Crippen LogP) is 19.9. The summed E-state index contributed by atoms with van der Waals surface area (Å²) in [6.07, 6.45) is 31.1. The van der Waals surface area contributed by atoms with E-state index in [-0.39, 0.29) is 10.8 Å². The fourth-order valence-electron chi connectivity index (χ4n) is 10.6. The summed E-state index contributed by atoms with van der Waals surface area (Å²) in [5.41, 5.74) is 12.2. The molecule has 0 amide bonds. The van der Waals surface area contributed by atoms with Crippen molar-refractivity contribution >= 4 is 57.5 Å². The zero-order valence-corrected chi connectivity index (χ0v) is 40.3. The van der Waals surface area contributed by atoms with Gasteiger partial charge < -0.3 is 0 Å². The Morgan fingerprint density at radius 1 is 0.383 bits per heavy atom. The summed E-state index contributed by atoms with van der Waals surface area (Å²) in [5, 5.41) is 4.72. The smallest absolute Gasteiger partial charge is 0.0493 e. The molecular weight excluding hydrogens is 801 g/mol. The Kier molecular flexibility index (Phi) is 14.9. The Hall–Kier alpha value is -3.02. The molecule has 0 saturated carbocycles. The molecule has 0 radical (unpaired) electrons. The van der Waals surface area contributed by atoms with Crippen molar-refractivity contribution in [3.05, 3.63) is 117 Å². The third kappa shape index (κ3) is 8.92. The first-order valence-corrected chi connectivity index (χ1v) is 27.3. The van der Waals surface area contributed by atoms with Crippen molar-refractivity contribution in [3.63, 3.8) is 0 Å². The van der Waals surface area contributed by atoms with Crippen LogP contribution in [0.1, 0.15) is 189 Å². The highest BCUT2D eigenvalue weighted by Crippen LogP contribution is 2.61. The van der Waals surface area contributed by atoms with Gasteiger partial charge in [-0.15, -0.1) is 45.3 Å². The third-order valence-electron chi connectivity index (χ3n) is 14.0. The van der Waals surface area contributed by atoms with Crippen LogP contribution < -0.4 is 0 Å². The first-order chi connectivity index (χ1) is 29.5.